The fourth-order valence-electron chi connectivity index (χ4n) is 5.81. The summed E-state index contributed by atoms with van der Waals surface area (Å²) in [5, 5.41) is 31.0. The summed E-state index contributed by atoms with van der Waals surface area (Å²) in [7, 11) is 0. The third-order valence-corrected chi connectivity index (χ3v) is 7.94. The topological polar surface area (TPSA) is 115 Å². The van der Waals surface area contributed by atoms with Crippen LogP contribution >= 0.6 is 0 Å². The minimum absolute atomic E-state index is 0.507. The lowest BCUT2D eigenvalue weighted by Crippen LogP contribution is -2.02. The van der Waals surface area contributed by atoms with E-state index in [-0.39, 0.29) is 0 Å². The highest BCUT2D eigenvalue weighted by Gasteiger charge is 2.18. The van der Waals surface area contributed by atoms with Crippen molar-refractivity contribution in [1.29, 1.82) is 15.8 Å². The Labute approximate surface area is 259 Å². The molecular weight excluding hydrogens is 554 g/mol. The van der Waals surface area contributed by atoms with Gasteiger partial charge in [-0.15, -0.1) is 0 Å². The first-order valence-corrected chi connectivity index (χ1v) is 14.3. The van der Waals surface area contributed by atoms with Gasteiger partial charge in [-0.2, -0.15) is 15.8 Å². The van der Waals surface area contributed by atoms with E-state index < -0.39 is 0 Å². The Morgan fingerprint density at radius 1 is 0.489 bits per heavy atom. The molecule has 0 unspecified atom stereocenters. The molecule has 0 aliphatic carbocycles. The zero-order chi connectivity index (χ0) is 31.1. The second kappa shape index (κ2) is 10.9. The van der Waals surface area contributed by atoms with Crippen LogP contribution in [0.1, 0.15) is 28.3 Å². The first kappa shape index (κ1) is 27.2. The maximum absolute atomic E-state index is 10.3. The van der Waals surface area contributed by atoms with E-state index in [0.29, 0.717) is 39.9 Å². The summed E-state index contributed by atoms with van der Waals surface area (Å²) in [4.78, 5) is 13.5. The summed E-state index contributed by atoms with van der Waals surface area (Å²) in [5.41, 5.74) is 9.00. The number of benzene rings is 5. The Morgan fingerprint density at radius 2 is 0.956 bits per heavy atom. The number of nitriles is 3. The van der Waals surface area contributed by atoms with Gasteiger partial charge >= 0.3 is 0 Å². The number of nitrogens with zero attached hydrogens (tertiary/aromatic N) is 7. The van der Waals surface area contributed by atoms with Crippen LogP contribution in [0.4, 0.5) is 0 Å². The van der Waals surface area contributed by atoms with Crippen LogP contribution in [-0.2, 0) is 0 Å². The molecular formula is C38H23N7. The molecule has 7 nitrogen and oxygen atoms in total. The van der Waals surface area contributed by atoms with Crippen molar-refractivity contribution in [2.24, 2.45) is 0 Å². The highest BCUT2D eigenvalue weighted by Crippen LogP contribution is 2.38. The second-order valence-electron chi connectivity index (χ2n) is 10.8. The zero-order valence-corrected chi connectivity index (χ0v) is 24.4. The van der Waals surface area contributed by atoms with Crippen molar-refractivity contribution >= 4 is 21.8 Å². The van der Waals surface area contributed by atoms with Crippen molar-refractivity contribution < 1.29 is 0 Å². The molecule has 45 heavy (non-hydrogen) atoms. The zero-order valence-electron chi connectivity index (χ0n) is 24.4. The van der Waals surface area contributed by atoms with Crippen molar-refractivity contribution in [1.82, 2.24) is 19.5 Å². The van der Waals surface area contributed by atoms with Crippen molar-refractivity contribution in [2.45, 2.75) is 13.8 Å². The maximum atomic E-state index is 10.3. The van der Waals surface area contributed by atoms with E-state index in [1.165, 1.54) is 0 Å². The van der Waals surface area contributed by atoms with Crippen LogP contribution in [0.15, 0.2) is 103 Å². The molecule has 0 radical (unpaired) electrons. The van der Waals surface area contributed by atoms with E-state index in [4.69, 9.17) is 0 Å². The Morgan fingerprint density at radius 3 is 1.42 bits per heavy atom. The smallest absolute Gasteiger partial charge is 0.163 e. The second-order valence-corrected chi connectivity index (χ2v) is 10.8. The molecule has 0 aliphatic heterocycles. The molecule has 0 fully saturated rings. The van der Waals surface area contributed by atoms with Crippen molar-refractivity contribution in [2.75, 3.05) is 0 Å². The molecule has 0 atom stereocenters. The van der Waals surface area contributed by atoms with E-state index in [1.807, 2.05) is 80.6 Å². The molecule has 5 aromatic carbocycles. The van der Waals surface area contributed by atoms with Crippen LogP contribution in [0.5, 0.6) is 0 Å². The molecule has 0 spiro atoms. The molecule has 0 saturated heterocycles. The summed E-state index contributed by atoms with van der Waals surface area (Å²) in [6, 6.07) is 40.1. The molecule has 0 saturated carbocycles. The van der Waals surface area contributed by atoms with Crippen molar-refractivity contribution in [3.05, 3.63) is 131 Å². The molecule has 0 bridgehead atoms. The number of hydrogen-bond acceptors (Lipinski definition) is 6. The SMILES string of the molecule is Cc1nc(C)nc(-c2ccc(C#N)c(-n3c4cc(-c5ccc(C#N)cc5)ccc4c4ccc(-c5ccc(C#N)cc5)cc43)c2)n1. The lowest BCUT2D eigenvalue weighted by atomic mass is 10.0. The lowest BCUT2D eigenvalue weighted by Gasteiger charge is -2.13. The number of aryl methyl sites for hydroxylation is 2. The normalized spacial score (nSPS) is 10.8. The largest absolute Gasteiger partial charge is 0.308 e. The number of fused-ring (bicyclic) bond motifs is 3. The molecule has 2 heterocycles. The summed E-state index contributed by atoms with van der Waals surface area (Å²) < 4.78 is 2.13. The van der Waals surface area contributed by atoms with Gasteiger partial charge in [-0.1, -0.05) is 48.5 Å². The summed E-state index contributed by atoms with van der Waals surface area (Å²) in [5.74, 6) is 1.79. The van der Waals surface area contributed by atoms with Gasteiger partial charge in [-0.05, 0) is 90.7 Å². The van der Waals surface area contributed by atoms with Gasteiger partial charge in [0.05, 0.1) is 45.5 Å². The fourth-order valence-corrected chi connectivity index (χ4v) is 5.81. The van der Waals surface area contributed by atoms with Crippen LogP contribution in [0.25, 0.3) is 61.1 Å². The van der Waals surface area contributed by atoms with Gasteiger partial charge < -0.3 is 4.57 Å². The van der Waals surface area contributed by atoms with Gasteiger partial charge in [-0.3, -0.25) is 0 Å². The number of rotatable bonds is 4. The first-order valence-electron chi connectivity index (χ1n) is 14.3. The first-order chi connectivity index (χ1) is 21.9. The van der Waals surface area contributed by atoms with Crippen LogP contribution in [-0.4, -0.2) is 19.5 Å². The van der Waals surface area contributed by atoms with Gasteiger partial charge in [0.15, 0.2) is 5.82 Å². The third-order valence-electron chi connectivity index (χ3n) is 7.94. The standard InChI is InChI=1S/C38H23N7/c1-23-42-24(2)44-38(43-23)31-11-12-32(22-41)35(19-31)45-36-17-29(27-7-3-25(20-39)4-8-27)13-15-33(36)34-16-14-30(18-37(34)45)28-9-5-26(21-40)6-10-28/h3-19H,1-2H3. The number of aromatic nitrogens is 4. The van der Waals surface area contributed by atoms with E-state index in [1.54, 1.807) is 0 Å². The van der Waals surface area contributed by atoms with E-state index in [0.717, 1.165) is 49.6 Å². The van der Waals surface area contributed by atoms with Gasteiger partial charge in [-0.25, -0.2) is 15.0 Å². The minimum Gasteiger partial charge on any atom is -0.308 e. The summed E-state index contributed by atoms with van der Waals surface area (Å²) in [6.45, 7) is 3.68. The lowest BCUT2D eigenvalue weighted by molar-refractivity contribution is 0.928. The Kier molecular flexibility index (Phi) is 6.59. The highest BCUT2D eigenvalue weighted by atomic mass is 15.0. The Balaban J connectivity index is 1.53. The fraction of sp³-hybridized carbons (Fsp3) is 0.0526. The predicted molar refractivity (Wildman–Crippen MR) is 174 cm³/mol. The van der Waals surface area contributed by atoms with Crippen LogP contribution in [0.3, 0.4) is 0 Å². The Hall–Kier alpha value is -6.62. The molecule has 0 N–H and O–H groups in total. The van der Waals surface area contributed by atoms with Crippen molar-refractivity contribution in [3.8, 4) is 57.5 Å². The molecule has 0 aliphatic rings. The quantitative estimate of drug-likeness (QED) is 0.208. The van der Waals surface area contributed by atoms with E-state index in [2.05, 4.69) is 74.1 Å². The molecule has 0 amide bonds. The van der Waals surface area contributed by atoms with Gasteiger partial charge in [0.1, 0.15) is 17.7 Å². The number of hydrogen-bond donors (Lipinski definition) is 0. The molecule has 7 aromatic rings. The average molecular weight is 578 g/mol. The Bertz CT molecular complexity index is 2280. The predicted octanol–water partition coefficient (Wildman–Crippen LogP) is 8.20. The van der Waals surface area contributed by atoms with Crippen LogP contribution < -0.4 is 0 Å². The summed E-state index contributed by atoms with van der Waals surface area (Å²) >= 11 is 0. The maximum Gasteiger partial charge on any atom is 0.163 e. The average Bonchev–Trinajstić information content (AvgIpc) is 3.40. The third kappa shape index (κ3) is 4.83. The highest BCUT2D eigenvalue weighted by molar-refractivity contribution is 6.11. The molecule has 2 aromatic heterocycles. The van der Waals surface area contributed by atoms with Gasteiger partial charge in [0.25, 0.3) is 0 Å². The summed E-state index contributed by atoms with van der Waals surface area (Å²) in [6.07, 6.45) is 0. The molecule has 7 rings (SSSR count). The molecule has 7 heteroatoms. The van der Waals surface area contributed by atoms with E-state index >= 15 is 0 Å². The van der Waals surface area contributed by atoms with Gasteiger partial charge in [0.2, 0.25) is 0 Å². The van der Waals surface area contributed by atoms with Crippen molar-refractivity contribution in [3.63, 3.8) is 0 Å². The minimum atomic E-state index is 0.507. The van der Waals surface area contributed by atoms with E-state index in [9.17, 15) is 15.8 Å². The van der Waals surface area contributed by atoms with Gasteiger partial charge in [0, 0.05) is 16.3 Å². The van der Waals surface area contributed by atoms with Crippen LogP contribution in [0.2, 0.25) is 0 Å². The van der Waals surface area contributed by atoms with Crippen LogP contribution in [0, 0.1) is 47.8 Å². The monoisotopic (exact) mass is 577 g/mol. The molecule has 210 valence electrons.